The molecule has 0 spiro atoms. The molecule has 7 heteroatoms. The number of aromatic nitrogens is 3. The van der Waals surface area contributed by atoms with Gasteiger partial charge in [-0.15, -0.1) is 0 Å². The zero-order valence-corrected chi connectivity index (χ0v) is 13.7. The highest BCUT2D eigenvalue weighted by Gasteiger charge is 2.17. The third-order valence-electron chi connectivity index (χ3n) is 3.15. The number of hydrogen-bond acceptors (Lipinski definition) is 5. The van der Waals surface area contributed by atoms with E-state index in [9.17, 15) is 0 Å². The first-order valence-corrected chi connectivity index (χ1v) is 7.39. The molecule has 0 saturated heterocycles. The van der Waals surface area contributed by atoms with Gasteiger partial charge in [0.1, 0.15) is 0 Å². The fourth-order valence-corrected chi connectivity index (χ4v) is 2.69. The fourth-order valence-electron chi connectivity index (χ4n) is 2.10. The molecular formula is C14H19BrN4O2. The van der Waals surface area contributed by atoms with Gasteiger partial charge in [0.05, 0.1) is 42.7 Å². The summed E-state index contributed by atoms with van der Waals surface area (Å²) >= 11 is 3.51. The highest BCUT2D eigenvalue weighted by molar-refractivity contribution is 9.10. The molecule has 1 unspecified atom stereocenters. The van der Waals surface area contributed by atoms with Gasteiger partial charge in [0.25, 0.3) is 0 Å². The Balaban J connectivity index is 2.11. The Morgan fingerprint density at radius 1 is 1.33 bits per heavy atom. The minimum absolute atomic E-state index is 0.172. The van der Waals surface area contributed by atoms with E-state index in [4.69, 9.17) is 15.2 Å². The van der Waals surface area contributed by atoms with E-state index >= 15 is 0 Å². The van der Waals surface area contributed by atoms with Crippen molar-refractivity contribution in [2.24, 2.45) is 5.73 Å². The summed E-state index contributed by atoms with van der Waals surface area (Å²) in [5, 5.41) is 4.32. The number of methoxy groups -OCH3 is 2. The highest BCUT2D eigenvalue weighted by atomic mass is 79.9. The molecule has 2 heterocycles. The Kier molecular flexibility index (Phi) is 5.72. The molecule has 0 fully saturated rings. The van der Waals surface area contributed by atoms with Crippen LogP contribution in [0.4, 0.5) is 0 Å². The van der Waals surface area contributed by atoms with Gasteiger partial charge in [-0.2, -0.15) is 5.10 Å². The quantitative estimate of drug-likeness (QED) is 0.822. The molecule has 0 radical (unpaired) electrons. The van der Waals surface area contributed by atoms with Crippen molar-refractivity contribution in [3.63, 3.8) is 0 Å². The first kappa shape index (κ1) is 15.9. The second kappa shape index (κ2) is 7.53. The van der Waals surface area contributed by atoms with Gasteiger partial charge in [0.2, 0.25) is 5.88 Å². The highest BCUT2D eigenvalue weighted by Crippen LogP contribution is 2.24. The average molecular weight is 355 g/mol. The lowest BCUT2D eigenvalue weighted by molar-refractivity contribution is 0.182. The van der Waals surface area contributed by atoms with E-state index in [1.807, 2.05) is 16.8 Å². The predicted molar refractivity (Wildman–Crippen MR) is 83.2 cm³/mol. The van der Waals surface area contributed by atoms with Crippen molar-refractivity contribution in [3.8, 4) is 5.88 Å². The van der Waals surface area contributed by atoms with E-state index in [0.717, 1.165) is 15.7 Å². The minimum Gasteiger partial charge on any atom is -0.481 e. The molecule has 0 aliphatic rings. The lowest BCUT2D eigenvalue weighted by atomic mass is 10.1. The van der Waals surface area contributed by atoms with Crippen LogP contribution in [0.25, 0.3) is 0 Å². The molecule has 2 aromatic rings. The number of nitrogens with two attached hydrogens (primary N) is 1. The van der Waals surface area contributed by atoms with Crippen LogP contribution in [-0.4, -0.2) is 35.6 Å². The normalized spacial score (nSPS) is 12.4. The smallest absolute Gasteiger partial charge is 0.212 e. The van der Waals surface area contributed by atoms with Crippen LogP contribution in [-0.2, 0) is 17.7 Å². The maximum Gasteiger partial charge on any atom is 0.212 e. The summed E-state index contributed by atoms with van der Waals surface area (Å²) in [5.41, 5.74) is 8.34. The number of halogens is 1. The Hall–Kier alpha value is -1.44. The molecule has 0 aliphatic heterocycles. The van der Waals surface area contributed by atoms with Crippen LogP contribution in [0.5, 0.6) is 5.88 Å². The van der Waals surface area contributed by atoms with E-state index in [2.05, 4.69) is 26.0 Å². The van der Waals surface area contributed by atoms with E-state index in [0.29, 0.717) is 25.5 Å². The lowest BCUT2D eigenvalue weighted by Gasteiger charge is -2.15. The van der Waals surface area contributed by atoms with Crippen LogP contribution in [0.3, 0.4) is 0 Å². The van der Waals surface area contributed by atoms with Crippen molar-refractivity contribution in [2.75, 3.05) is 20.8 Å². The molecule has 2 aromatic heterocycles. The Labute approximate surface area is 132 Å². The van der Waals surface area contributed by atoms with Crippen molar-refractivity contribution < 1.29 is 9.47 Å². The van der Waals surface area contributed by atoms with Crippen molar-refractivity contribution in [1.82, 2.24) is 14.8 Å². The van der Waals surface area contributed by atoms with Crippen molar-refractivity contribution >= 4 is 15.9 Å². The second-order valence-electron chi connectivity index (χ2n) is 4.61. The molecular weight excluding hydrogens is 336 g/mol. The summed E-state index contributed by atoms with van der Waals surface area (Å²) in [6.45, 7) is 1.27. The molecule has 0 saturated carbocycles. The standard InChI is InChI=1S/C14H19BrN4O2/c1-20-6-5-19-14(11(15)9-18-19)12(16)7-10-3-4-13(21-2)17-8-10/h3-4,8-9,12H,5-7,16H2,1-2H3. The molecule has 2 rings (SSSR count). The van der Waals surface area contributed by atoms with Gasteiger partial charge in [-0.05, 0) is 27.9 Å². The first-order valence-electron chi connectivity index (χ1n) is 6.60. The van der Waals surface area contributed by atoms with Gasteiger partial charge in [-0.3, -0.25) is 4.68 Å². The SMILES string of the molecule is COCCn1ncc(Br)c1C(N)Cc1ccc(OC)nc1. The first-order chi connectivity index (χ1) is 10.2. The van der Waals surface area contributed by atoms with Crippen LogP contribution in [0.15, 0.2) is 29.0 Å². The van der Waals surface area contributed by atoms with Crippen LogP contribution in [0.2, 0.25) is 0 Å². The molecule has 6 nitrogen and oxygen atoms in total. The third kappa shape index (κ3) is 4.03. The number of rotatable bonds is 7. The zero-order chi connectivity index (χ0) is 15.2. The van der Waals surface area contributed by atoms with E-state index in [1.165, 1.54) is 0 Å². The zero-order valence-electron chi connectivity index (χ0n) is 12.1. The molecule has 2 N–H and O–H groups in total. The summed E-state index contributed by atoms with van der Waals surface area (Å²) in [5.74, 6) is 0.596. The van der Waals surface area contributed by atoms with Crippen LogP contribution < -0.4 is 10.5 Å². The maximum absolute atomic E-state index is 6.32. The van der Waals surface area contributed by atoms with Gasteiger partial charge in [-0.25, -0.2) is 4.98 Å². The summed E-state index contributed by atoms with van der Waals surface area (Å²) < 4.78 is 12.9. The summed E-state index contributed by atoms with van der Waals surface area (Å²) in [7, 11) is 3.26. The van der Waals surface area contributed by atoms with Crippen LogP contribution in [0, 0.1) is 0 Å². The number of nitrogens with zero attached hydrogens (tertiary/aromatic N) is 3. The molecule has 0 bridgehead atoms. The molecule has 0 amide bonds. The second-order valence-corrected chi connectivity index (χ2v) is 5.47. The van der Waals surface area contributed by atoms with Crippen molar-refractivity contribution in [3.05, 3.63) is 40.3 Å². The summed E-state index contributed by atoms with van der Waals surface area (Å²) in [6, 6.07) is 3.63. The Morgan fingerprint density at radius 2 is 2.14 bits per heavy atom. The fraction of sp³-hybridized carbons (Fsp3) is 0.429. The van der Waals surface area contributed by atoms with E-state index in [1.54, 1.807) is 26.6 Å². The van der Waals surface area contributed by atoms with Gasteiger partial charge in [-0.1, -0.05) is 6.07 Å². The molecule has 0 aromatic carbocycles. The van der Waals surface area contributed by atoms with Crippen LogP contribution >= 0.6 is 15.9 Å². The van der Waals surface area contributed by atoms with Gasteiger partial charge in [0.15, 0.2) is 0 Å². The summed E-state index contributed by atoms with van der Waals surface area (Å²) in [6.07, 6.45) is 4.22. The predicted octanol–water partition coefficient (Wildman–Crippen LogP) is 1.94. The monoisotopic (exact) mass is 354 g/mol. The third-order valence-corrected chi connectivity index (χ3v) is 3.77. The lowest BCUT2D eigenvalue weighted by Crippen LogP contribution is -2.20. The average Bonchev–Trinajstić information content (AvgIpc) is 2.87. The molecule has 21 heavy (non-hydrogen) atoms. The minimum atomic E-state index is -0.172. The largest absolute Gasteiger partial charge is 0.481 e. The van der Waals surface area contributed by atoms with Gasteiger partial charge < -0.3 is 15.2 Å². The molecule has 1 atom stereocenters. The number of hydrogen-bond donors (Lipinski definition) is 1. The van der Waals surface area contributed by atoms with E-state index < -0.39 is 0 Å². The maximum atomic E-state index is 6.32. The van der Waals surface area contributed by atoms with Gasteiger partial charge in [0, 0.05) is 19.4 Å². The summed E-state index contributed by atoms with van der Waals surface area (Å²) in [4.78, 5) is 4.19. The van der Waals surface area contributed by atoms with Crippen molar-refractivity contribution in [2.45, 2.75) is 19.0 Å². The number of ether oxygens (including phenoxy) is 2. The Morgan fingerprint density at radius 3 is 2.76 bits per heavy atom. The van der Waals surface area contributed by atoms with Gasteiger partial charge >= 0.3 is 0 Å². The number of pyridine rings is 1. The molecule has 0 aliphatic carbocycles. The van der Waals surface area contributed by atoms with E-state index in [-0.39, 0.29) is 6.04 Å². The van der Waals surface area contributed by atoms with Crippen LogP contribution in [0.1, 0.15) is 17.3 Å². The Bertz CT molecular complexity index is 571. The van der Waals surface area contributed by atoms with Crippen molar-refractivity contribution in [1.29, 1.82) is 0 Å². The topological polar surface area (TPSA) is 75.2 Å². The molecule has 114 valence electrons.